The highest BCUT2D eigenvalue weighted by atomic mass is 35.5. The van der Waals surface area contributed by atoms with Crippen LogP contribution in [0.1, 0.15) is 23.6 Å². The Balaban J connectivity index is 0.00000243. The molecule has 0 spiro atoms. The summed E-state index contributed by atoms with van der Waals surface area (Å²) < 4.78 is 5.17. The van der Waals surface area contributed by atoms with Gasteiger partial charge in [-0.1, -0.05) is 41.9 Å². The molecule has 0 saturated carbocycles. The molecule has 1 aliphatic heterocycles. The number of nitrogens with zero attached hydrogens (tertiary/aromatic N) is 1. The third kappa shape index (κ3) is 4.91. The van der Waals surface area contributed by atoms with Crippen LogP contribution in [-0.2, 0) is 11.2 Å². The first-order chi connectivity index (χ1) is 12.2. The Hall–Kier alpha value is -1.75. The van der Waals surface area contributed by atoms with Crippen LogP contribution >= 0.6 is 24.0 Å². The summed E-state index contributed by atoms with van der Waals surface area (Å²) in [6.07, 6.45) is 1.22. The van der Waals surface area contributed by atoms with Crippen LogP contribution in [0.5, 0.6) is 5.75 Å². The molecule has 1 saturated heterocycles. The Kier molecular flexibility index (Phi) is 7.76. The van der Waals surface area contributed by atoms with Crippen molar-refractivity contribution in [3.05, 3.63) is 64.7 Å². The van der Waals surface area contributed by atoms with Gasteiger partial charge in [0.1, 0.15) is 5.75 Å². The van der Waals surface area contributed by atoms with Crippen molar-refractivity contribution in [2.45, 2.75) is 18.9 Å². The molecule has 3 rings (SSSR count). The average molecular weight is 395 g/mol. The Morgan fingerprint density at radius 2 is 1.96 bits per heavy atom. The maximum absolute atomic E-state index is 12.8. The van der Waals surface area contributed by atoms with E-state index in [0.717, 1.165) is 36.4 Å². The van der Waals surface area contributed by atoms with Crippen LogP contribution in [0, 0.1) is 0 Å². The lowest BCUT2D eigenvalue weighted by atomic mass is 10.0. The number of hydrogen-bond donors (Lipinski definition) is 1. The second kappa shape index (κ2) is 9.81. The third-order valence-electron chi connectivity index (χ3n) is 4.61. The van der Waals surface area contributed by atoms with Crippen molar-refractivity contribution in [3.8, 4) is 5.75 Å². The number of hydrogen-bond acceptors (Lipinski definition) is 3. The predicted octanol–water partition coefficient (Wildman–Crippen LogP) is 3.88. The van der Waals surface area contributed by atoms with Gasteiger partial charge in [-0.25, -0.2) is 0 Å². The number of carbonyl (C=O) groups excluding carboxylic acids is 1. The number of amides is 1. The first kappa shape index (κ1) is 20.6. The number of rotatable bonds is 5. The molecule has 26 heavy (non-hydrogen) atoms. The first-order valence-electron chi connectivity index (χ1n) is 8.56. The van der Waals surface area contributed by atoms with E-state index in [1.165, 1.54) is 0 Å². The molecule has 0 aromatic heterocycles. The second-order valence-electron chi connectivity index (χ2n) is 6.18. The van der Waals surface area contributed by atoms with Crippen LogP contribution in [-0.4, -0.2) is 37.6 Å². The van der Waals surface area contributed by atoms with Gasteiger partial charge in [-0.3, -0.25) is 4.79 Å². The van der Waals surface area contributed by atoms with Gasteiger partial charge in [-0.15, -0.1) is 12.4 Å². The highest BCUT2D eigenvalue weighted by Crippen LogP contribution is 2.29. The summed E-state index contributed by atoms with van der Waals surface area (Å²) in [5.74, 6) is 0.998. The van der Waals surface area contributed by atoms with Gasteiger partial charge < -0.3 is 15.0 Å². The zero-order valence-corrected chi connectivity index (χ0v) is 16.4. The fraction of sp³-hybridized carbons (Fsp3) is 0.350. The lowest BCUT2D eigenvalue weighted by Gasteiger charge is -2.37. The highest BCUT2D eigenvalue weighted by molar-refractivity contribution is 6.31. The summed E-state index contributed by atoms with van der Waals surface area (Å²) in [5, 5.41) is 4.08. The molecule has 140 valence electrons. The van der Waals surface area contributed by atoms with E-state index in [9.17, 15) is 4.79 Å². The van der Waals surface area contributed by atoms with Gasteiger partial charge in [0, 0.05) is 31.1 Å². The number of halogens is 2. The third-order valence-corrected chi connectivity index (χ3v) is 4.96. The van der Waals surface area contributed by atoms with E-state index >= 15 is 0 Å². The SMILES string of the molecule is COc1ccc(CCC(=O)N2CCNCC2c2ccccc2Cl)cc1.Cl. The average Bonchev–Trinajstić information content (AvgIpc) is 2.67. The minimum absolute atomic E-state index is 0. The van der Waals surface area contributed by atoms with Crippen molar-refractivity contribution in [1.82, 2.24) is 10.2 Å². The molecule has 1 amide bonds. The van der Waals surface area contributed by atoms with Gasteiger partial charge in [0.05, 0.1) is 13.2 Å². The molecule has 2 aromatic carbocycles. The van der Waals surface area contributed by atoms with Crippen molar-refractivity contribution in [2.24, 2.45) is 0 Å². The van der Waals surface area contributed by atoms with E-state index < -0.39 is 0 Å². The van der Waals surface area contributed by atoms with Crippen LogP contribution in [0.25, 0.3) is 0 Å². The quantitative estimate of drug-likeness (QED) is 0.836. The molecule has 4 nitrogen and oxygen atoms in total. The Morgan fingerprint density at radius 1 is 1.23 bits per heavy atom. The van der Waals surface area contributed by atoms with E-state index in [-0.39, 0.29) is 24.4 Å². The summed E-state index contributed by atoms with van der Waals surface area (Å²) in [6.45, 7) is 2.25. The van der Waals surface area contributed by atoms with E-state index in [1.807, 2.05) is 53.4 Å². The van der Waals surface area contributed by atoms with Crippen LogP contribution in [0.4, 0.5) is 0 Å². The Labute approximate surface area is 165 Å². The maximum Gasteiger partial charge on any atom is 0.223 e. The van der Waals surface area contributed by atoms with Crippen molar-refractivity contribution >= 4 is 29.9 Å². The molecule has 2 aromatic rings. The standard InChI is InChI=1S/C20H23ClN2O2.ClH/c1-25-16-9-6-15(7-10-16)8-11-20(24)23-13-12-22-14-19(23)17-4-2-3-5-18(17)21;/h2-7,9-10,19,22H,8,11-14H2,1H3;1H. The van der Waals surface area contributed by atoms with Gasteiger partial charge in [0.25, 0.3) is 0 Å². The van der Waals surface area contributed by atoms with Crippen LogP contribution < -0.4 is 10.1 Å². The van der Waals surface area contributed by atoms with Gasteiger partial charge in [0.15, 0.2) is 0 Å². The molecular weight excluding hydrogens is 371 g/mol. The van der Waals surface area contributed by atoms with Gasteiger partial charge in [-0.2, -0.15) is 0 Å². The molecule has 1 unspecified atom stereocenters. The van der Waals surface area contributed by atoms with Gasteiger partial charge in [0.2, 0.25) is 5.91 Å². The highest BCUT2D eigenvalue weighted by Gasteiger charge is 2.28. The molecule has 1 aliphatic rings. The zero-order valence-electron chi connectivity index (χ0n) is 14.8. The van der Waals surface area contributed by atoms with Crippen LogP contribution in [0.3, 0.4) is 0 Å². The second-order valence-corrected chi connectivity index (χ2v) is 6.58. The maximum atomic E-state index is 12.8. The number of ether oxygens (including phenoxy) is 1. The van der Waals surface area contributed by atoms with Crippen LogP contribution in [0.2, 0.25) is 5.02 Å². The van der Waals surface area contributed by atoms with E-state index in [0.29, 0.717) is 18.0 Å². The Morgan fingerprint density at radius 3 is 2.65 bits per heavy atom. The minimum Gasteiger partial charge on any atom is -0.497 e. The molecule has 1 atom stereocenters. The molecule has 1 fully saturated rings. The minimum atomic E-state index is -0.00850. The van der Waals surface area contributed by atoms with E-state index in [1.54, 1.807) is 7.11 Å². The smallest absolute Gasteiger partial charge is 0.223 e. The summed E-state index contributed by atoms with van der Waals surface area (Å²) in [5.41, 5.74) is 2.15. The Bertz CT molecular complexity index is 722. The summed E-state index contributed by atoms with van der Waals surface area (Å²) in [7, 11) is 1.65. The fourth-order valence-electron chi connectivity index (χ4n) is 3.21. The number of methoxy groups -OCH3 is 1. The van der Waals surface area contributed by atoms with Gasteiger partial charge in [-0.05, 0) is 35.7 Å². The molecule has 0 radical (unpaired) electrons. The number of piperazine rings is 1. The summed E-state index contributed by atoms with van der Waals surface area (Å²) in [4.78, 5) is 14.8. The number of benzene rings is 2. The number of carbonyl (C=O) groups is 1. The zero-order chi connectivity index (χ0) is 17.6. The van der Waals surface area contributed by atoms with Crippen molar-refractivity contribution in [3.63, 3.8) is 0 Å². The number of nitrogens with one attached hydrogen (secondary N) is 1. The fourth-order valence-corrected chi connectivity index (χ4v) is 3.47. The number of aryl methyl sites for hydroxylation is 1. The molecule has 0 aliphatic carbocycles. The van der Waals surface area contributed by atoms with Crippen molar-refractivity contribution in [1.29, 1.82) is 0 Å². The van der Waals surface area contributed by atoms with Crippen molar-refractivity contribution in [2.75, 3.05) is 26.7 Å². The molecular formula is C20H24Cl2N2O2. The molecule has 0 bridgehead atoms. The molecule has 1 N–H and O–H groups in total. The molecule has 1 heterocycles. The summed E-state index contributed by atoms with van der Waals surface area (Å²) >= 11 is 6.35. The monoisotopic (exact) mass is 394 g/mol. The van der Waals surface area contributed by atoms with Crippen molar-refractivity contribution < 1.29 is 9.53 Å². The van der Waals surface area contributed by atoms with Gasteiger partial charge >= 0.3 is 0 Å². The normalized spacial score (nSPS) is 16.7. The topological polar surface area (TPSA) is 41.6 Å². The summed E-state index contributed by atoms with van der Waals surface area (Å²) in [6, 6.07) is 15.6. The van der Waals surface area contributed by atoms with E-state index in [2.05, 4.69) is 5.32 Å². The molecule has 6 heteroatoms. The van der Waals surface area contributed by atoms with Crippen LogP contribution in [0.15, 0.2) is 48.5 Å². The predicted molar refractivity (Wildman–Crippen MR) is 107 cm³/mol. The largest absolute Gasteiger partial charge is 0.497 e. The lowest BCUT2D eigenvalue weighted by molar-refractivity contribution is -0.134. The first-order valence-corrected chi connectivity index (χ1v) is 8.94. The lowest BCUT2D eigenvalue weighted by Crippen LogP contribution is -2.48. The van der Waals surface area contributed by atoms with E-state index in [4.69, 9.17) is 16.3 Å².